The lowest BCUT2D eigenvalue weighted by molar-refractivity contribution is 0.646. The summed E-state index contributed by atoms with van der Waals surface area (Å²) in [5.41, 5.74) is 23.4. The van der Waals surface area contributed by atoms with E-state index in [1.807, 2.05) is 0 Å². The van der Waals surface area contributed by atoms with Gasteiger partial charge in [0.05, 0.1) is 0 Å². The standard InChI is InChI=1S/C52H44B2/c1-27(2)31-23-33-29-15-13-19-39-49(29)54(42-22-12-10-18-38(42)52(39,7)8)44-26-36-32(28(3)4)25-43-46-34(24-35(31)47(45(33)44)48(36)46)30-16-14-20-40-50(30)53(43)41-21-11-9-17-37(41)51(40,5)6/h9-28H,1-8H3. The maximum Gasteiger partial charge on any atom is 0.243 e. The first kappa shape index (κ1) is 31.3. The van der Waals surface area contributed by atoms with E-state index in [0.29, 0.717) is 11.8 Å². The van der Waals surface area contributed by atoms with Gasteiger partial charge >= 0.3 is 0 Å². The smallest absolute Gasteiger partial charge is 0.0667 e. The van der Waals surface area contributed by atoms with Crippen LogP contribution in [0.2, 0.25) is 0 Å². The Hall–Kier alpha value is -5.07. The zero-order chi connectivity index (χ0) is 36.7. The van der Waals surface area contributed by atoms with Crippen LogP contribution in [0.5, 0.6) is 0 Å². The topological polar surface area (TPSA) is 0 Å². The Morgan fingerprint density at radius 3 is 1.33 bits per heavy atom. The van der Waals surface area contributed by atoms with Gasteiger partial charge in [-0.3, -0.25) is 0 Å². The normalized spacial score (nSPS) is 16.3. The number of benzene rings is 8. The second kappa shape index (κ2) is 9.96. The minimum Gasteiger partial charge on any atom is -0.0667 e. The van der Waals surface area contributed by atoms with E-state index < -0.39 is 0 Å². The minimum atomic E-state index is -0.0743. The predicted molar refractivity (Wildman–Crippen MR) is 236 cm³/mol. The van der Waals surface area contributed by atoms with E-state index in [1.165, 1.54) is 121 Å². The van der Waals surface area contributed by atoms with E-state index >= 15 is 0 Å². The van der Waals surface area contributed by atoms with Crippen molar-refractivity contribution in [1.29, 1.82) is 0 Å². The Balaban J connectivity index is 1.33. The van der Waals surface area contributed by atoms with Gasteiger partial charge in [0.25, 0.3) is 0 Å². The fourth-order valence-electron chi connectivity index (χ4n) is 12.4. The third-order valence-corrected chi connectivity index (χ3v) is 14.7. The summed E-state index contributed by atoms with van der Waals surface area (Å²) in [6, 6.07) is 43.7. The first-order chi connectivity index (χ1) is 26.0. The van der Waals surface area contributed by atoms with Crippen molar-refractivity contribution < 1.29 is 0 Å². The molecule has 4 heterocycles. The van der Waals surface area contributed by atoms with Gasteiger partial charge in [-0.05, 0) is 112 Å². The summed E-state index contributed by atoms with van der Waals surface area (Å²) in [6.45, 7) is 19.8. The number of rotatable bonds is 2. The molecule has 0 spiro atoms. The van der Waals surface area contributed by atoms with Crippen molar-refractivity contribution in [2.75, 3.05) is 0 Å². The highest BCUT2D eigenvalue weighted by Gasteiger charge is 2.47. The molecule has 0 saturated carbocycles. The van der Waals surface area contributed by atoms with Gasteiger partial charge in [-0.15, -0.1) is 0 Å². The Labute approximate surface area is 320 Å². The third-order valence-electron chi connectivity index (χ3n) is 14.7. The van der Waals surface area contributed by atoms with Crippen LogP contribution in [-0.2, 0) is 10.8 Å². The molecule has 0 nitrogen and oxygen atoms in total. The quantitative estimate of drug-likeness (QED) is 0.126. The zero-order valence-electron chi connectivity index (χ0n) is 32.7. The van der Waals surface area contributed by atoms with Crippen molar-refractivity contribution in [3.8, 4) is 22.3 Å². The van der Waals surface area contributed by atoms with Crippen molar-refractivity contribution >= 4 is 78.5 Å². The number of hydrogen-bond acceptors (Lipinski definition) is 0. The van der Waals surface area contributed by atoms with Gasteiger partial charge in [-0.2, -0.15) is 0 Å². The minimum absolute atomic E-state index is 0.0743. The molecular weight excluding hydrogens is 646 g/mol. The van der Waals surface area contributed by atoms with Crippen LogP contribution >= 0.6 is 0 Å². The Bertz CT molecular complexity index is 3000. The van der Waals surface area contributed by atoms with Crippen LogP contribution in [0.1, 0.15) is 101 Å². The fourth-order valence-corrected chi connectivity index (χ4v) is 12.4. The summed E-state index contributed by atoms with van der Waals surface area (Å²) >= 11 is 0. The van der Waals surface area contributed by atoms with E-state index in [0.717, 1.165) is 0 Å². The summed E-state index contributed by atoms with van der Waals surface area (Å²) in [5, 5.41) is 8.85. The van der Waals surface area contributed by atoms with Crippen LogP contribution in [0.4, 0.5) is 0 Å². The van der Waals surface area contributed by atoms with Gasteiger partial charge in [-0.25, -0.2) is 0 Å². The Morgan fingerprint density at radius 1 is 0.389 bits per heavy atom. The van der Waals surface area contributed by atoms with Crippen molar-refractivity contribution in [2.24, 2.45) is 0 Å². The molecule has 0 amide bonds. The molecule has 8 aromatic carbocycles. The Morgan fingerprint density at radius 2 is 0.815 bits per heavy atom. The van der Waals surface area contributed by atoms with E-state index in [2.05, 4.69) is 165 Å². The van der Waals surface area contributed by atoms with Gasteiger partial charge in [0.15, 0.2) is 0 Å². The van der Waals surface area contributed by atoms with Crippen LogP contribution in [0.15, 0.2) is 109 Å². The second-order valence-corrected chi connectivity index (χ2v) is 18.7. The largest absolute Gasteiger partial charge is 0.243 e. The molecule has 0 unspecified atom stereocenters. The third kappa shape index (κ3) is 3.47. The van der Waals surface area contributed by atoms with Gasteiger partial charge in [-0.1, -0.05) is 185 Å². The highest BCUT2D eigenvalue weighted by molar-refractivity contribution is 7.01. The SMILES string of the molecule is CC(C)c1cc2c3c(cc4c(C(C)C)cc5c6c(cc1c3c46)B1c3ccccc3C(C)(C)c3cccc-5c31)-c1cccc3c1B2c1ccccc1C3(C)C. The van der Waals surface area contributed by atoms with Gasteiger partial charge in [0, 0.05) is 10.8 Å². The van der Waals surface area contributed by atoms with Crippen LogP contribution in [0, 0.1) is 0 Å². The van der Waals surface area contributed by atoms with E-state index in [1.54, 1.807) is 0 Å². The molecule has 2 heteroatoms. The Kier molecular flexibility index (Phi) is 5.77. The predicted octanol–water partition coefficient (Wildman–Crippen LogP) is 9.10. The lowest BCUT2D eigenvalue weighted by atomic mass is 9.28. The van der Waals surface area contributed by atoms with Crippen molar-refractivity contribution in [2.45, 2.75) is 78.1 Å². The van der Waals surface area contributed by atoms with Gasteiger partial charge in [0.2, 0.25) is 13.4 Å². The maximum absolute atomic E-state index is 2.68. The van der Waals surface area contributed by atoms with Crippen molar-refractivity contribution in [1.82, 2.24) is 0 Å². The summed E-state index contributed by atoms with van der Waals surface area (Å²) in [6.07, 6.45) is 0. The van der Waals surface area contributed by atoms with E-state index in [4.69, 9.17) is 0 Å². The van der Waals surface area contributed by atoms with Crippen molar-refractivity contribution in [3.63, 3.8) is 0 Å². The first-order valence-electron chi connectivity index (χ1n) is 20.3. The summed E-state index contributed by atoms with van der Waals surface area (Å²) in [4.78, 5) is 0. The molecule has 4 aliphatic heterocycles. The van der Waals surface area contributed by atoms with Crippen LogP contribution in [-0.4, -0.2) is 13.4 Å². The molecule has 0 saturated heterocycles. The zero-order valence-corrected chi connectivity index (χ0v) is 32.7. The monoisotopic (exact) mass is 690 g/mol. The lowest BCUT2D eigenvalue weighted by Gasteiger charge is -2.43. The molecular formula is C52H44B2. The summed E-state index contributed by atoms with van der Waals surface area (Å²) in [7, 11) is 0. The first-order valence-corrected chi connectivity index (χ1v) is 20.3. The van der Waals surface area contributed by atoms with E-state index in [-0.39, 0.29) is 24.3 Å². The molecule has 0 bridgehead atoms. The van der Waals surface area contributed by atoms with Crippen molar-refractivity contribution in [3.05, 3.63) is 143 Å². The van der Waals surface area contributed by atoms with Crippen LogP contribution < -0.4 is 32.8 Å². The molecule has 54 heavy (non-hydrogen) atoms. The average molecular weight is 691 g/mol. The van der Waals surface area contributed by atoms with Crippen LogP contribution in [0.3, 0.4) is 0 Å². The molecule has 258 valence electrons. The average Bonchev–Trinajstić information content (AvgIpc) is 3.16. The molecule has 0 aromatic heterocycles. The molecule has 0 radical (unpaired) electrons. The van der Waals surface area contributed by atoms with Crippen LogP contribution in [0.25, 0.3) is 54.6 Å². The molecule has 0 fully saturated rings. The maximum atomic E-state index is 2.68. The van der Waals surface area contributed by atoms with Gasteiger partial charge in [0.1, 0.15) is 0 Å². The summed E-state index contributed by atoms with van der Waals surface area (Å²) < 4.78 is 0. The number of hydrogen-bond donors (Lipinski definition) is 0. The van der Waals surface area contributed by atoms with Gasteiger partial charge < -0.3 is 0 Å². The fraction of sp³-hybridized carbons (Fsp3) is 0.231. The summed E-state index contributed by atoms with van der Waals surface area (Å²) in [5.74, 6) is 0.758. The number of fused-ring (bicyclic) bond motifs is 8. The lowest BCUT2D eigenvalue weighted by Crippen LogP contribution is -2.63. The molecule has 4 aliphatic rings. The molecule has 12 rings (SSSR count). The molecule has 0 N–H and O–H groups in total. The molecule has 8 aromatic rings. The highest BCUT2D eigenvalue weighted by atomic mass is 14.4. The molecule has 0 atom stereocenters. The van der Waals surface area contributed by atoms with E-state index in [9.17, 15) is 0 Å². The second-order valence-electron chi connectivity index (χ2n) is 18.7. The highest BCUT2D eigenvalue weighted by Crippen LogP contribution is 2.50. The molecule has 0 aliphatic carbocycles.